The Bertz CT molecular complexity index is 699. The van der Waals surface area contributed by atoms with E-state index in [2.05, 4.69) is 10.4 Å². The van der Waals surface area contributed by atoms with E-state index < -0.39 is 16.5 Å². The highest BCUT2D eigenvalue weighted by molar-refractivity contribution is 6.43. The molecule has 0 radical (unpaired) electrons. The number of nitro benzene ring substituents is 1. The summed E-state index contributed by atoms with van der Waals surface area (Å²) in [6.45, 7) is 0. The number of amides is 1. The molecule has 0 aliphatic rings. The van der Waals surface area contributed by atoms with Crippen LogP contribution in [0.25, 0.3) is 0 Å². The van der Waals surface area contributed by atoms with Gasteiger partial charge in [0, 0.05) is 24.7 Å². The molecule has 1 aromatic carbocycles. The van der Waals surface area contributed by atoms with E-state index in [9.17, 15) is 14.9 Å². The fraction of sp³-hybridized carbons (Fsp3) is 0.0909. The first-order valence-corrected chi connectivity index (χ1v) is 6.08. The fourth-order valence-corrected chi connectivity index (χ4v) is 1.92. The van der Waals surface area contributed by atoms with E-state index in [1.54, 1.807) is 13.1 Å². The number of benzene rings is 1. The Kier molecular flexibility index (Phi) is 3.91. The third-order valence-electron chi connectivity index (χ3n) is 2.53. The third-order valence-corrected chi connectivity index (χ3v) is 3.32. The van der Waals surface area contributed by atoms with E-state index >= 15 is 0 Å². The molecule has 2 aromatic rings. The third kappa shape index (κ3) is 2.73. The first kappa shape index (κ1) is 14.3. The van der Waals surface area contributed by atoms with Gasteiger partial charge in [-0.1, -0.05) is 23.2 Å². The van der Waals surface area contributed by atoms with E-state index in [4.69, 9.17) is 23.2 Å². The van der Waals surface area contributed by atoms with Crippen molar-refractivity contribution in [3.8, 4) is 0 Å². The Morgan fingerprint density at radius 1 is 1.45 bits per heavy atom. The molecule has 0 saturated heterocycles. The number of nitrogens with zero attached hydrogens (tertiary/aromatic N) is 3. The summed E-state index contributed by atoms with van der Waals surface area (Å²) in [6.07, 6.45) is 1.51. The van der Waals surface area contributed by atoms with Crippen molar-refractivity contribution in [1.29, 1.82) is 0 Å². The van der Waals surface area contributed by atoms with Crippen LogP contribution in [-0.2, 0) is 7.05 Å². The normalized spacial score (nSPS) is 10.3. The number of aryl methyl sites for hydroxylation is 1. The van der Waals surface area contributed by atoms with Crippen LogP contribution >= 0.6 is 23.2 Å². The minimum atomic E-state index is -0.699. The number of hydrogen-bond donors (Lipinski definition) is 1. The molecule has 0 bridgehead atoms. The molecular formula is C11H8Cl2N4O3. The number of aromatic nitrogens is 2. The molecule has 1 N–H and O–H groups in total. The summed E-state index contributed by atoms with van der Waals surface area (Å²) in [4.78, 5) is 22.2. The van der Waals surface area contributed by atoms with Crippen molar-refractivity contribution in [3.05, 3.63) is 50.1 Å². The second-order valence-electron chi connectivity index (χ2n) is 3.84. The SMILES string of the molecule is Cn1nccc1NC(=O)c1cc(Cl)c(Cl)c([N+](=O)[O-])c1. The molecule has 0 unspecified atom stereocenters. The second kappa shape index (κ2) is 5.48. The Hall–Kier alpha value is -2.12. The van der Waals surface area contributed by atoms with Gasteiger partial charge in [0.2, 0.25) is 0 Å². The predicted molar refractivity (Wildman–Crippen MR) is 74.3 cm³/mol. The fourth-order valence-electron chi connectivity index (χ4n) is 1.52. The molecule has 0 fully saturated rings. The van der Waals surface area contributed by atoms with Gasteiger partial charge in [0.05, 0.1) is 16.1 Å². The summed E-state index contributed by atoms with van der Waals surface area (Å²) < 4.78 is 1.45. The zero-order valence-corrected chi connectivity index (χ0v) is 11.6. The van der Waals surface area contributed by atoms with Crippen LogP contribution < -0.4 is 5.32 Å². The van der Waals surface area contributed by atoms with Gasteiger partial charge in [-0.25, -0.2) is 0 Å². The molecule has 0 saturated carbocycles. The maximum absolute atomic E-state index is 12.0. The van der Waals surface area contributed by atoms with Crippen LogP contribution in [-0.4, -0.2) is 20.6 Å². The zero-order chi connectivity index (χ0) is 14.9. The maximum Gasteiger partial charge on any atom is 0.290 e. The van der Waals surface area contributed by atoms with Gasteiger partial charge < -0.3 is 5.32 Å². The van der Waals surface area contributed by atoms with E-state index in [-0.39, 0.29) is 15.6 Å². The predicted octanol–water partition coefficient (Wildman–Crippen LogP) is 2.89. The molecule has 0 atom stereocenters. The van der Waals surface area contributed by atoms with E-state index in [0.717, 1.165) is 6.07 Å². The highest BCUT2D eigenvalue weighted by Crippen LogP contribution is 2.33. The summed E-state index contributed by atoms with van der Waals surface area (Å²) in [5, 5.41) is 17.0. The van der Waals surface area contributed by atoms with Crippen LogP contribution in [0, 0.1) is 10.1 Å². The molecule has 1 amide bonds. The van der Waals surface area contributed by atoms with Crippen molar-refractivity contribution in [1.82, 2.24) is 9.78 Å². The van der Waals surface area contributed by atoms with Crippen LogP contribution in [0.3, 0.4) is 0 Å². The topological polar surface area (TPSA) is 90.1 Å². The smallest absolute Gasteiger partial charge is 0.290 e. The highest BCUT2D eigenvalue weighted by atomic mass is 35.5. The molecule has 0 aliphatic carbocycles. The Morgan fingerprint density at radius 2 is 2.15 bits per heavy atom. The number of nitrogens with one attached hydrogen (secondary N) is 1. The van der Waals surface area contributed by atoms with Crippen LogP contribution in [0.2, 0.25) is 10.0 Å². The Morgan fingerprint density at radius 3 is 2.70 bits per heavy atom. The van der Waals surface area contributed by atoms with Gasteiger partial charge in [0.1, 0.15) is 10.8 Å². The lowest BCUT2D eigenvalue weighted by Crippen LogP contribution is -2.15. The number of rotatable bonds is 3. The molecule has 0 aliphatic heterocycles. The summed E-state index contributed by atoms with van der Waals surface area (Å²) in [6, 6.07) is 3.92. The average Bonchev–Trinajstić information content (AvgIpc) is 2.77. The standard InChI is InChI=1S/C11H8Cl2N4O3/c1-16-9(2-3-14-16)15-11(18)6-4-7(12)10(13)8(5-6)17(19)20/h2-5H,1H3,(H,15,18). The molecule has 1 heterocycles. The Balaban J connectivity index is 2.36. The molecule has 1 aromatic heterocycles. The van der Waals surface area contributed by atoms with E-state index in [1.165, 1.54) is 16.9 Å². The van der Waals surface area contributed by atoms with Crippen molar-refractivity contribution in [3.63, 3.8) is 0 Å². The van der Waals surface area contributed by atoms with E-state index in [0.29, 0.717) is 5.82 Å². The number of carbonyl (C=O) groups excluding carboxylic acids is 1. The van der Waals surface area contributed by atoms with Gasteiger partial charge in [-0.05, 0) is 6.07 Å². The lowest BCUT2D eigenvalue weighted by atomic mass is 10.2. The van der Waals surface area contributed by atoms with Crippen molar-refractivity contribution < 1.29 is 9.72 Å². The molecule has 2 rings (SSSR count). The molecular weight excluding hydrogens is 307 g/mol. The highest BCUT2D eigenvalue weighted by Gasteiger charge is 2.20. The van der Waals surface area contributed by atoms with Crippen molar-refractivity contribution >= 4 is 40.6 Å². The van der Waals surface area contributed by atoms with Gasteiger partial charge in [-0.2, -0.15) is 5.10 Å². The van der Waals surface area contributed by atoms with E-state index in [1.807, 2.05) is 0 Å². The molecule has 20 heavy (non-hydrogen) atoms. The van der Waals surface area contributed by atoms with Crippen LogP contribution in [0.5, 0.6) is 0 Å². The second-order valence-corrected chi connectivity index (χ2v) is 4.63. The number of nitro groups is 1. The number of halogens is 2. The minimum Gasteiger partial charge on any atom is -0.307 e. The van der Waals surface area contributed by atoms with Crippen molar-refractivity contribution in [2.75, 3.05) is 5.32 Å². The van der Waals surface area contributed by atoms with Crippen LogP contribution in [0.1, 0.15) is 10.4 Å². The lowest BCUT2D eigenvalue weighted by Gasteiger charge is -2.06. The summed E-state index contributed by atoms with van der Waals surface area (Å²) >= 11 is 11.5. The van der Waals surface area contributed by atoms with Crippen molar-refractivity contribution in [2.24, 2.45) is 7.05 Å². The van der Waals surface area contributed by atoms with Gasteiger partial charge in [-0.3, -0.25) is 19.6 Å². The number of anilines is 1. The van der Waals surface area contributed by atoms with Gasteiger partial charge in [-0.15, -0.1) is 0 Å². The lowest BCUT2D eigenvalue weighted by molar-refractivity contribution is -0.384. The first-order chi connectivity index (χ1) is 9.40. The average molecular weight is 315 g/mol. The van der Waals surface area contributed by atoms with Gasteiger partial charge >= 0.3 is 0 Å². The molecule has 0 spiro atoms. The monoisotopic (exact) mass is 314 g/mol. The molecule has 7 nitrogen and oxygen atoms in total. The first-order valence-electron chi connectivity index (χ1n) is 5.33. The quantitative estimate of drug-likeness (QED) is 0.696. The van der Waals surface area contributed by atoms with Gasteiger partial charge in [0.15, 0.2) is 0 Å². The zero-order valence-electron chi connectivity index (χ0n) is 10.1. The van der Waals surface area contributed by atoms with Crippen LogP contribution in [0.15, 0.2) is 24.4 Å². The summed E-state index contributed by atoms with van der Waals surface area (Å²) in [7, 11) is 1.65. The van der Waals surface area contributed by atoms with Gasteiger partial charge in [0.25, 0.3) is 11.6 Å². The minimum absolute atomic E-state index is 0.0345. The van der Waals surface area contributed by atoms with Crippen molar-refractivity contribution in [2.45, 2.75) is 0 Å². The molecule has 9 heteroatoms. The Labute approximate surface area is 123 Å². The maximum atomic E-state index is 12.0. The summed E-state index contributed by atoms with van der Waals surface area (Å²) in [5.74, 6) is -0.0982. The molecule has 104 valence electrons. The number of carbonyl (C=O) groups is 1. The van der Waals surface area contributed by atoms with Crippen LogP contribution in [0.4, 0.5) is 11.5 Å². The number of hydrogen-bond acceptors (Lipinski definition) is 4. The summed E-state index contributed by atoms with van der Waals surface area (Å²) in [5.41, 5.74) is -0.387. The largest absolute Gasteiger partial charge is 0.307 e.